The molecule has 182 valence electrons. The second kappa shape index (κ2) is 11.0. The number of nitrogens with zero attached hydrogens (tertiary/aromatic N) is 2. The first kappa shape index (κ1) is 24.9. The summed E-state index contributed by atoms with van der Waals surface area (Å²) in [5.41, 5.74) is 1.70. The molecule has 0 saturated heterocycles. The molecule has 1 aliphatic carbocycles. The fourth-order valence-corrected chi connectivity index (χ4v) is 5.08. The fourth-order valence-electron chi connectivity index (χ4n) is 4.96. The lowest BCUT2D eigenvalue weighted by Gasteiger charge is -2.37. The highest BCUT2D eigenvalue weighted by Crippen LogP contribution is 2.44. The Morgan fingerprint density at radius 3 is 2.47 bits per heavy atom. The Hall–Kier alpha value is -2.18. The van der Waals surface area contributed by atoms with E-state index in [1.54, 1.807) is 0 Å². The average molecular weight is 484 g/mol. The Labute approximate surface area is 207 Å². The molecule has 1 fully saturated rings. The topological polar surface area (TPSA) is 55.5 Å². The highest BCUT2D eigenvalue weighted by molar-refractivity contribution is 6.30. The summed E-state index contributed by atoms with van der Waals surface area (Å²) in [7, 11) is 4.31. The third kappa shape index (κ3) is 6.08. The van der Waals surface area contributed by atoms with Gasteiger partial charge in [-0.05, 0) is 42.0 Å². The number of rotatable bonds is 10. The molecule has 1 atom stereocenters. The zero-order chi connectivity index (χ0) is 24.0. The van der Waals surface area contributed by atoms with Gasteiger partial charge in [0.05, 0.1) is 27.3 Å². The maximum Gasteiger partial charge on any atom is 0.173 e. The molecule has 34 heavy (non-hydrogen) atoms. The van der Waals surface area contributed by atoms with Crippen molar-refractivity contribution in [2.75, 3.05) is 27.2 Å². The number of halogens is 1. The Morgan fingerprint density at radius 2 is 1.76 bits per heavy atom. The first-order chi connectivity index (χ1) is 16.4. The monoisotopic (exact) mass is 483 g/mol. The van der Waals surface area contributed by atoms with E-state index in [9.17, 15) is 5.11 Å². The largest absolute Gasteiger partial charge is 0.377 e. The quantitative estimate of drug-likeness (QED) is 0.286. The Morgan fingerprint density at radius 1 is 1.06 bits per heavy atom. The van der Waals surface area contributed by atoms with E-state index in [0.717, 1.165) is 54.1 Å². The van der Waals surface area contributed by atoms with Gasteiger partial charge in [-0.3, -0.25) is 0 Å². The van der Waals surface area contributed by atoms with Gasteiger partial charge >= 0.3 is 0 Å². The van der Waals surface area contributed by atoms with Crippen molar-refractivity contribution in [3.63, 3.8) is 0 Å². The van der Waals surface area contributed by atoms with Gasteiger partial charge in [0.15, 0.2) is 11.4 Å². The summed E-state index contributed by atoms with van der Waals surface area (Å²) in [4.78, 5) is 0. The molecular weight excluding hydrogens is 448 g/mol. The first-order valence-corrected chi connectivity index (χ1v) is 12.6. The van der Waals surface area contributed by atoms with E-state index < -0.39 is 5.60 Å². The fraction of sp³-hybridized carbons (Fsp3) is 0.464. The predicted octanol–water partition coefficient (Wildman–Crippen LogP) is 5.94. The number of hydrogen-bond donors (Lipinski definition) is 1. The van der Waals surface area contributed by atoms with Gasteiger partial charge in [-0.1, -0.05) is 78.5 Å². The minimum atomic E-state index is -1.15. The zero-order valence-corrected chi connectivity index (χ0v) is 21.0. The van der Waals surface area contributed by atoms with Crippen molar-refractivity contribution in [1.82, 2.24) is 5.16 Å². The normalized spacial score (nSPS) is 16.9. The molecule has 0 aliphatic heterocycles. The standard InChI is InChI=1S/C28H36ClN2O3/c1-31(2,17-18-33-21-22-13-15-25(29)16-14-22)20-26-19-27(34-30-26)28(32,23-9-5-3-6-10-23)24-11-7-4-8-12-24/h3,5-6,9-10,13-16,19,24,32H,4,7-8,11-12,17-18,20-21H2,1-2H3/q+1. The van der Waals surface area contributed by atoms with Crippen LogP contribution < -0.4 is 0 Å². The summed E-state index contributed by atoms with van der Waals surface area (Å²) in [5, 5.41) is 17.1. The lowest BCUT2D eigenvalue weighted by Crippen LogP contribution is -2.41. The summed E-state index contributed by atoms with van der Waals surface area (Å²) in [5.74, 6) is 0.688. The smallest absolute Gasteiger partial charge is 0.173 e. The van der Waals surface area contributed by atoms with Crippen molar-refractivity contribution in [2.24, 2.45) is 5.92 Å². The first-order valence-electron chi connectivity index (χ1n) is 12.2. The molecule has 1 N–H and O–H groups in total. The summed E-state index contributed by atoms with van der Waals surface area (Å²) < 4.78 is 12.4. The number of hydrogen-bond acceptors (Lipinski definition) is 4. The molecule has 1 aliphatic rings. The minimum Gasteiger partial charge on any atom is -0.377 e. The number of quaternary nitrogens is 1. The van der Waals surface area contributed by atoms with Crippen LogP contribution in [0.25, 0.3) is 0 Å². The van der Waals surface area contributed by atoms with Gasteiger partial charge in [0, 0.05) is 11.1 Å². The summed E-state index contributed by atoms with van der Waals surface area (Å²) >= 11 is 5.95. The van der Waals surface area contributed by atoms with Crippen LogP contribution in [0.15, 0.2) is 65.2 Å². The van der Waals surface area contributed by atoms with Gasteiger partial charge in [-0.2, -0.15) is 0 Å². The van der Waals surface area contributed by atoms with E-state index in [2.05, 4.69) is 19.3 Å². The minimum absolute atomic E-state index is 0.133. The molecular formula is C28H36ClN2O3+. The third-order valence-corrected chi connectivity index (χ3v) is 7.21. The van der Waals surface area contributed by atoms with E-state index in [-0.39, 0.29) is 5.92 Å². The van der Waals surface area contributed by atoms with Crippen molar-refractivity contribution in [3.05, 3.63) is 88.3 Å². The van der Waals surface area contributed by atoms with Crippen molar-refractivity contribution in [2.45, 2.75) is 50.9 Å². The SMILES string of the molecule is C[N+](C)(CCOCc1ccc(Cl)cc1)Cc1cc(C(O)(c2ccccc2)C2CCCCC2)on1. The van der Waals surface area contributed by atoms with E-state index in [1.807, 2.05) is 60.7 Å². The van der Waals surface area contributed by atoms with Crippen molar-refractivity contribution < 1.29 is 18.8 Å². The molecule has 6 heteroatoms. The highest BCUT2D eigenvalue weighted by atomic mass is 35.5. The molecule has 0 radical (unpaired) electrons. The van der Waals surface area contributed by atoms with Gasteiger partial charge in [0.2, 0.25) is 0 Å². The van der Waals surface area contributed by atoms with Crippen LogP contribution in [0.2, 0.25) is 5.02 Å². The summed E-state index contributed by atoms with van der Waals surface area (Å²) in [6.45, 7) is 2.73. The number of likely N-dealkylation sites (N-methyl/N-ethyl adjacent to an activating group) is 1. The molecule has 5 nitrogen and oxygen atoms in total. The molecule has 0 spiro atoms. The molecule has 1 aromatic heterocycles. The highest BCUT2D eigenvalue weighted by Gasteiger charge is 2.44. The Bertz CT molecular complexity index is 1030. The van der Waals surface area contributed by atoms with E-state index >= 15 is 0 Å². The van der Waals surface area contributed by atoms with Crippen molar-refractivity contribution in [3.8, 4) is 0 Å². The molecule has 1 unspecified atom stereocenters. The average Bonchev–Trinajstić information content (AvgIpc) is 3.32. The van der Waals surface area contributed by atoms with E-state index in [1.165, 1.54) is 6.42 Å². The van der Waals surface area contributed by atoms with Crippen LogP contribution >= 0.6 is 11.6 Å². The van der Waals surface area contributed by atoms with Gasteiger partial charge in [-0.25, -0.2) is 0 Å². The molecule has 4 rings (SSSR count). The second-order valence-corrected chi connectivity index (χ2v) is 10.6. The molecule has 3 aromatic rings. The molecule has 1 heterocycles. The number of aliphatic hydroxyl groups is 1. The maximum absolute atomic E-state index is 12.0. The second-order valence-electron chi connectivity index (χ2n) is 10.1. The summed E-state index contributed by atoms with van der Waals surface area (Å²) in [6.07, 6.45) is 5.50. The van der Waals surface area contributed by atoms with Crippen LogP contribution in [0, 0.1) is 5.92 Å². The Kier molecular flexibility index (Phi) is 8.10. The van der Waals surface area contributed by atoms with Crippen LogP contribution in [-0.2, 0) is 23.5 Å². The van der Waals surface area contributed by atoms with E-state index in [0.29, 0.717) is 30.0 Å². The zero-order valence-electron chi connectivity index (χ0n) is 20.3. The molecule has 1 saturated carbocycles. The summed E-state index contributed by atoms with van der Waals surface area (Å²) in [6, 6.07) is 19.6. The molecule has 0 bridgehead atoms. The van der Waals surface area contributed by atoms with Gasteiger partial charge in [0.25, 0.3) is 0 Å². The lowest BCUT2D eigenvalue weighted by molar-refractivity contribution is -0.904. The number of benzene rings is 2. The van der Waals surface area contributed by atoms with Crippen LogP contribution in [0.1, 0.15) is 54.7 Å². The third-order valence-electron chi connectivity index (χ3n) is 6.96. The predicted molar refractivity (Wildman–Crippen MR) is 134 cm³/mol. The van der Waals surface area contributed by atoms with Crippen LogP contribution in [0.4, 0.5) is 0 Å². The number of aromatic nitrogens is 1. The van der Waals surface area contributed by atoms with Crippen LogP contribution in [0.3, 0.4) is 0 Å². The van der Waals surface area contributed by atoms with Gasteiger partial charge < -0.3 is 18.8 Å². The van der Waals surface area contributed by atoms with Crippen molar-refractivity contribution in [1.29, 1.82) is 0 Å². The van der Waals surface area contributed by atoms with E-state index in [4.69, 9.17) is 20.9 Å². The van der Waals surface area contributed by atoms with Crippen LogP contribution in [-0.4, -0.2) is 42.0 Å². The van der Waals surface area contributed by atoms with Gasteiger partial charge in [-0.15, -0.1) is 0 Å². The molecule has 2 aromatic carbocycles. The van der Waals surface area contributed by atoms with Crippen LogP contribution in [0.5, 0.6) is 0 Å². The Balaban J connectivity index is 1.40. The lowest BCUT2D eigenvalue weighted by atomic mass is 9.72. The maximum atomic E-state index is 12.0. The van der Waals surface area contributed by atoms with Crippen molar-refractivity contribution >= 4 is 11.6 Å². The molecule has 0 amide bonds. The van der Waals surface area contributed by atoms with Gasteiger partial charge in [0.1, 0.15) is 18.8 Å². The number of ether oxygens (including phenoxy) is 1.